The molecule has 24 heavy (non-hydrogen) atoms. The molecule has 0 saturated carbocycles. The highest BCUT2D eigenvalue weighted by Gasteiger charge is 2.17. The first-order valence-corrected chi connectivity index (χ1v) is 8.12. The number of aliphatic carboxylic acids is 1. The number of rotatable bonds is 8. The molecule has 1 amide bonds. The van der Waals surface area contributed by atoms with E-state index in [0.717, 1.165) is 24.1 Å². The normalized spacial score (nSPS) is 10.8. The minimum atomic E-state index is -0.847. The van der Waals surface area contributed by atoms with Crippen LogP contribution in [0.1, 0.15) is 60.8 Å². The molecule has 6 nitrogen and oxygen atoms in total. The molecule has 1 aromatic carbocycles. The van der Waals surface area contributed by atoms with Gasteiger partial charge in [-0.05, 0) is 37.0 Å². The molecule has 0 aliphatic carbocycles. The molecule has 0 fully saturated rings. The van der Waals surface area contributed by atoms with E-state index >= 15 is 0 Å². The van der Waals surface area contributed by atoms with Crippen LogP contribution in [0.15, 0.2) is 34.9 Å². The molecule has 0 saturated heterocycles. The monoisotopic (exact) mass is 330 g/mol. The number of nitrogens with zero attached hydrogens (tertiary/aromatic N) is 1. The van der Waals surface area contributed by atoms with Crippen LogP contribution in [0.5, 0.6) is 0 Å². The fraction of sp³-hybridized carbons (Fsp3) is 0.389. The Kier molecular flexibility index (Phi) is 6.12. The number of hydrogen-bond donors (Lipinski definition) is 2. The van der Waals surface area contributed by atoms with Gasteiger partial charge in [0.2, 0.25) is 5.76 Å². The Hall–Kier alpha value is -2.63. The van der Waals surface area contributed by atoms with Crippen LogP contribution in [0, 0.1) is 0 Å². The van der Waals surface area contributed by atoms with Gasteiger partial charge in [-0.3, -0.25) is 9.59 Å². The summed E-state index contributed by atoms with van der Waals surface area (Å²) in [5.41, 5.74) is 2.24. The van der Waals surface area contributed by atoms with Gasteiger partial charge in [0.05, 0.1) is 5.69 Å². The van der Waals surface area contributed by atoms with E-state index in [2.05, 4.69) is 24.3 Å². The number of carbonyl (C=O) groups is 2. The molecular weight excluding hydrogens is 308 g/mol. The van der Waals surface area contributed by atoms with Crippen molar-refractivity contribution < 1.29 is 19.2 Å². The molecule has 2 N–H and O–H groups in total. The summed E-state index contributed by atoms with van der Waals surface area (Å²) in [6.45, 7) is 4.15. The third-order valence-electron chi connectivity index (χ3n) is 3.97. The molecule has 0 unspecified atom stereocenters. The Labute approximate surface area is 140 Å². The molecule has 2 aromatic rings. The minimum Gasteiger partial charge on any atom is -0.481 e. The van der Waals surface area contributed by atoms with Gasteiger partial charge in [0.1, 0.15) is 0 Å². The average Bonchev–Trinajstić information content (AvgIpc) is 3.04. The molecular formula is C18H22N2O4. The maximum atomic E-state index is 12.3. The third-order valence-corrected chi connectivity index (χ3v) is 3.97. The van der Waals surface area contributed by atoms with Crippen LogP contribution in [0.3, 0.4) is 0 Å². The molecule has 0 bridgehead atoms. The Morgan fingerprint density at radius 2 is 2.00 bits per heavy atom. The van der Waals surface area contributed by atoms with Crippen LogP contribution < -0.4 is 5.32 Å². The fourth-order valence-corrected chi connectivity index (χ4v) is 2.54. The molecule has 128 valence electrons. The van der Waals surface area contributed by atoms with Crippen molar-refractivity contribution in [2.75, 3.05) is 5.32 Å². The Balaban J connectivity index is 2.04. The zero-order chi connectivity index (χ0) is 17.5. The molecule has 0 aliphatic heterocycles. The molecule has 1 aromatic heterocycles. The van der Waals surface area contributed by atoms with Crippen molar-refractivity contribution in [3.05, 3.63) is 47.3 Å². The average molecular weight is 330 g/mol. The van der Waals surface area contributed by atoms with Gasteiger partial charge in [-0.25, -0.2) is 0 Å². The Morgan fingerprint density at radius 1 is 1.25 bits per heavy atom. The number of anilines is 1. The number of carboxylic acid groups (broad SMARTS) is 1. The minimum absolute atomic E-state index is 0.0539. The summed E-state index contributed by atoms with van der Waals surface area (Å²) in [6.07, 6.45) is 2.35. The van der Waals surface area contributed by atoms with Crippen molar-refractivity contribution in [1.29, 1.82) is 0 Å². The molecule has 1 heterocycles. The number of benzene rings is 1. The number of aromatic nitrogens is 1. The molecule has 0 aliphatic rings. The van der Waals surface area contributed by atoms with Gasteiger partial charge >= 0.3 is 5.97 Å². The first-order valence-electron chi connectivity index (χ1n) is 8.12. The van der Waals surface area contributed by atoms with Crippen LogP contribution >= 0.6 is 0 Å². The SMILES string of the molecule is CCC(CC)c1cc(C(=O)Nc2cccc(CCC(=O)O)c2)on1. The smallest absolute Gasteiger partial charge is 0.303 e. The van der Waals surface area contributed by atoms with Gasteiger partial charge in [0.15, 0.2) is 0 Å². The van der Waals surface area contributed by atoms with E-state index < -0.39 is 5.97 Å². The Morgan fingerprint density at radius 3 is 2.67 bits per heavy atom. The second-order valence-electron chi connectivity index (χ2n) is 5.68. The van der Waals surface area contributed by atoms with E-state index in [1.807, 2.05) is 6.07 Å². The number of hydrogen-bond acceptors (Lipinski definition) is 4. The quantitative estimate of drug-likeness (QED) is 0.767. The first-order chi connectivity index (χ1) is 11.5. The Bertz CT molecular complexity index is 705. The second-order valence-corrected chi connectivity index (χ2v) is 5.68. The fourth-order valence-electron chi connectivity index (χ4n) is 2.54. The highest BCUT2D eigenvalue weighted by molar-refractivity contribution is 6.02. The van der Waals surface area contributed by atoms with E-state index in [9.17, 15) is 9.59 Å². The van der Waals surface area contributed by atoms with Crippen molar-refractivity contribution >= 4 is 17.6 Å². The van der Waals surface area contributed by atoms with Gasteiger partial charge in [-0.1, -0.05) is 31.1 Å². The second kappa shape index (κ2) is 8.29. The summed E-state index contributed by atoms with van der Waals surface area (Å²) < 4.78 is 5.15. The lowest BCUT2D eigenvalue weighted by Crippen LogP contribution is -2.11. The molecule has 0 radical (unpaired) electrons. The first kappa shape index (κ1) is 17.7. The zero-order valence-corrected chi connectivity index (χ0v) is 13.9. The van der Waals surface area contributed by atoms with Crippen LogP contribution in [-0.4, -0.2) is 22.1 Å². The van der Waals surface area contributed by atoms with Crippen molar-refractivity contribution in [3.63, 3.8) is 0 Å². The number of carbonyl (C=O) groups excluding carboxylic acids is 1. The van der Waals surface area contributed by atoms with E-state index in [1.54, 1.807) is 24.3 Å². The summed E-state index contributed by atoms with van der Waals surface area (Å²) in [5.74, 6) is -0.752. The summed E-state index contributed by atoms with van der Waals surface area (Å²) in [4.78, 5) is 22.9. The number of nitrogens with one attached hydrogen (secondary N) is 1. The predicted octanol–water partition coefficient (Wildman–Crippen LogP) is 3.85. The van der Waals surface area contributed by atoms with Crippen LogP contribution in [-0.2, 0) is 11.2 Å². The number of aryl methyl sites for hydroxylation is 1. The topological polar surface area (TPSA) is 92.4 Å². The zero-order valence-electron chi connectivity index (χ0n) is 13.9. The molecule has 0 atom stereocenters. The lowest BCUT2D eigenvalue weighted by Gasteiger charge is -2.06. The van der Waals surface area contributed by atoms with Crippen molar-refractivity contribution in [2.24, 2.45) is 0 Å². The summed E-state index contributed by atoms with van der Waals surface area (Å²) in [6, 6.07) is 8.81. The highest BCUT2D eigenvalue weighted by atomic mass is 16.5. The lowest BCUT2D eigenvalue weighted by molar-refractivity contribution is -0.136. The van der Waals surface area contributed by atoms with E-state index in [0.29, 0.717) is 12.1 Å². The van der Waals surface area contributed by atoms with E-state index in [4.69, 9.17) is 9.63 Å². The van der Waals surface area contributed by atoms with Gasteiger partial charge < -0.3 is 14.9 Å². The standard InChI is InChI=1S/C18H22N2O4/c1-3-13(4-2)15-11-16(24-20-15)18(23)19-14-7-5-6-12(10-14)8-9-17(21)22/h5-7,10-11,13H,3-4,8-9H2,1-2H3,(H,19,23)(H,21,22). The predicted molar refractivity (Wildman–Crippen MR) is 90.2 cm³/mol. The maximum absolute atomic E-state index is 12.3. The van der Waals surface area contributed by atoms with Gasteiger partial charge in [0, 0.05) is 24.1 Å². The number of amides is 1. The summed E-state index contributed by atoms with van der Waals surface area (Å²) >= 11 is 0. The van der Waals surface area contributed by atoms with Gasteiger partial charge in [-0.2, -0.15) is 0 Å². The van der Waals surface area contributed by atoms with Crippen molar-refractivity contribution in [2.45, 2.75) is 45.4 Å². The molecule has 0 spiro atoms. The van der Waals surface area contributed by atoms with Crippen molar-refractivity contribution in [1.82, 2.24) is 5.16 Å². The maximum Gasteiger partial charge on any atom is 0.303 e. The van der Waals surface area contributed by atoms with Crippen LogP contribution in [0.2, 0.25) is 0 Å². The summed E-state index contributed by atoms with van der Waals surface area (Å²) in [5, 5.41) is 15.5. The lowest BCUT2D eigenvalue weighted by atomic mass is 9.99. The van der Waals surface area contributed by atoms with Crippen LogP contribution in [0.4, 0.5) is 5.69 Å². The molecule has 6 heteroatoms. The number of carboxylic acids is 1. The highest BCUT2D eigenvalue weighted by Crippen LogP contribution is 2.23. The largest absolute Gasteiger partial charge is 0.481 e. The third kappa shape index (κ3) is 4.68. The van der Waals surface area contributed by atoms with Gasteiger partial charge in [-0.15, -0.1) is 0 Å². The molecule has 2 rings (SSSR count). The summed E-state index contributed by atoms with van der Waals surface area (Å²) in [7, 11) is 0. The van der Waals surface area contributed by atoms with Gasteiger partial charge in [0.25, 0.3) is 5.91 Å². The van der Waals surface area contributed by atoms with Crippen molar-refractivity contribution in [3.8, 4) is 0 Å². The van der Waals surface area contributed by atoms with Crippen LogP contribution in [0.25, 0.3) is 0 Å². The van der Waals surface area contributed by atoms with E-state index in [1.165, 1.54) is 0 Å². The van der Waals surface area contributed by atoms with E-state index in [-0.39, 0.29) is 24.0 Å².